The zero-order chi connectivity index (χ0) is 17.8. The van der Waals surface area contributed by atoms with E-state index in [9.17, 15) is 4.79 Å². The van der Waals surface area contributed by atoms with Crippen LogP contribution in [0, 0.1) is 20.8 Å². The molecule has 25 heavy (non-hydrogen) atoms. The number of morpholine rings is 1. The van der Waals surface area contributed by atoms with Crippen molar-refractivity contribution in [3.05, 3.63) is 39.2 Å². The van der Waals surface area contributed by atoms with Crippen molar-refractivity contribution in [2.45, 2.75) is 33.2 Å². The highest BCUT2D eigenvalue weighted by molar-refractivity contribution is 7.11. The maximum absolute atomic E-state index is 12.4. The lowest BCUT2D eigenvalue weighted by molar-refractivity contribution is -0.120. The molecular formula is C18H25N3O3S. The summed E-state index contributed by atoms with van der Waals surface area (Å²) in [5.74, 6) is 1.80. The number of amides is 1. The summed E-state index contributed by atoms with van der Waals surface area (Å²) in [5.41, 5.74) is 0.948. The molecule has 3 rings (SSSR count). The first kappa shape index (κ1) is 18.1. The lowest BCUT2D eigenvalue weighted by Gasteiger charge is -2.33. The highest BCUT2D eigenvalue weighted by Crippen LogP contribution is 2.23. The number of hydrogen-bond acceptors (Lipinski definition) is 6. The fourth-order valence-corrected chi connectivity index (χ4v) is 4.02. The number of nitrogens with zero attached hydrogens (tertiary/aromatic N) is 2. The van der Waals surface area contributed by atoms with E-state index in [0.29, 0.717) is 26.2 Å². The summed E-state index contributed by atoms with van der Waals surface area (Å²) in [6, 6.07) is 4.00. The minimum absolute atomic E-state index is 0.0216. The van der Waals surface area contributed by atoms with Crippen molar-refractivity contribution in [3.63, 3.8) is 0 Å². The maximum Gasteiger partial charge on any atom is 0.225 e. The fraction of sp³-hybridized carbons (Fsp3) is 0.556. The number of carbonyl (C=O) groups is 1. The van der Waals surface area contributed by atoms with Gasteiger partial charge >= 0.3 is 0 Å². The third kappa shape index (κ3) is 4.68. The van der Waals surface area contributed by atoms with Gasteiger partial charge in [0.25, 0.3) is 0 Å². The van der Waals surface area contributed by atoms with E-state index in [1.54, 1.807) is 11.3 Å². The minimum atomic E-state index is 0.0216. The van der Waals surface area contributed by atoms with Gasteiger partial charge in [-0.3, -0.25) is 9.69 Å². The standard InChI is InChI=1S/C18H25N3O3S/c1-12-4-5-16(24-12)15(21-6-8-23-9-7-21)11-19-18(22)10-17-13(2)20-14(3)25-17/h4-5,15H,6-11H2,1-3H3,(H,19,22)/t15-/m1/s1. The van der Waals surface area contributed by atoms with E-state index < -0.39 is 0 Å². The van der Waals surface area contributed by atoms with Gasteiger partial charge in [-0.15, -0.1) is 11.3 Å². The Kier molecular flexibility index (Phi) is 5.88. The molecule has 0 bridgehead atoms. The molecule has 1 atom stereocenters. The molecule has 2 aromatic heterocycles. The second-order valence-electron chi connectivity index (χ2n) is 6.33. The summed E-state index contributed by atoms with van der Waals surface area (Å²) in [6.07, 6.45) is 0.379. The summed E-state index contributed by atoms with van der Waals surface area (Å²) < 4.78 is 11.3. The van der Waals surface area contributed by atoms with Crippen molar-refractivity contribution in [3.8, 4) is 0 Å². The van der Waals surface area contributed by atoms with Gasteiger partial charge in [0.2, 0.25) is 5.91 Å². The number of thiazole rings is 1. The number of nitrogens with one attached hydrogen (secondary N) is 1. The van der Waals surface area contributed by atoms with Crippen LogP contribution in [0.2, 0.25) is 0 Å². The number of ether oxygens (including phenoxy) is 1. The van der Waals surface area contributed by atoms with Crippen molar-refractivity contribution in [1.29, 1.82) is 0 Å². The van der Waals surface area contributed by atoms with Gasteiger partial charge in [-0.2, -0.15) is 0 Å². The Balaban J connectivity index is 1.63. The van der Waals surface area contributed by atoms with Gasteiger partial charge in [-0.25, -0.2) is 4.98 Å². The SMILES string of the molecule is Cc1ccc([C@@H](CNC(=O)Cc2sc(C)nc2C)N2CCOCC2)o1. The van der Waals surface area contributed by atoms with Crippen LogP contribution in [0.5, 0.6) is 0 Å². The first-order chi connectivity index (χ1) is 12.0. The number of hydrogen-bond donors (Lipinski definition) is 1. The molecule has 1 aliphatic rings. The highest BCUT2D eigenvalue weighted by Gasteiger charge is 2.25. The van der Waals surface area contributed by atoms with Gasteiger partial charge in [0.1, 0.15) is 11.5 Å². The summed E-state index contributed by atoms with van der Waals surface area (Å²) in [7, 11) is 0. The number of aryl methyl sites for hydroxylation is 3. The third-order valence-corrected chi connectivity index (χ3v) is 5.46. The van der Waals surface area contributed by atoms with Crippen LogP contribution in [0.1, 0.15) is 33.1 Å². The molecule has 6 nitrogen and oxygen atoms in total. The smallest absolute Gasteiger partial charge is 0.225 e. The Morgan fingerprint density at radius 3 is 2.68 bits per heavy atom. The Bertz CT molecular complexity index is 719. The molecule has 0 aromatic carbocycles. The second kappa shape index (κ2) is 8.12. The molecular weight excluding hydrogens is 338 g/mol. The molecule has 3 heterocycles. The van der Waals surface area contributed by atoms with Crippen molar-refractivity contribution in [2.24, 2.45) is 0 Å². The predicted octanol–water partition coefficient (Wildman–Crippen LogP) is 2.39. The molecule has 2 aromatic rings. The number of rotatable bonds is 6. The van der Waals surface area contributed by atoms with E-state index in [1.807, 2.05) is 32.9 Å². The van der Waals surface area contributed by atoms with Gasteiger partial charge in [0.05, 0.1) is 36.4 Å². The van der Waals surface area contributed by atoms with E-state index in [1.165, 1.54) is 0 Å². The lowest BCUT2D eigenvalue weighted by Crippen LogP contribution is -2.43. The minimum Gasteiger partial charge on any atom is -0.465 e. The molecule has 1 fully saturated rings. The van der Waals surface area contributed by atoms with Crippen molar-refractivity contribution >= 4 is 17.2 Å². The number of furan rings is 1. The lowest BCUT2D eigenvalue weighted by atomic mass is 10.1. The number of carbonyl (C=O) groups excluding carboxylic acids is 1. The largest absolute Gasteiger partial charge is 0.465 e. The topological polar surface area (TPSA) is 67.6 Å². The van der Waals surface area contributed by atoms with Gasteiger partial charge in [0.15, 0.2) is 0 Å². The van der Waals surface area contributed by atoms with Crippen LogP contribution in [0.4, 0.5) is 0 Å². The molecule has 136 valence electrons. The average molecular weight is 363 g/mol. The number of aromatic nitrogens is 1. The Labute approximate surface area is 152 Å². The monoisotopic (exact) mass is 363 g/mol. The molecule has 1 saturated heterocycles. The predicted molar refractivity (Wildman–Crippen MR) is 96.9 cm³/mol. The first-order valence-corrected chi connectivity index (χ1v) is 9.42. The Hall–Kier alpha value is -1.70. The molecule has 1 amide bonds. The van der Waals surface area contributed by atoms with Gasteiger partial charge in [0, 0.05) is 24.5 Å². The van der Waals surface area contributed by atoms with E-state index in [4.69, 9.17) is 9.15 Å². The van der Waals surface area contributed by atoms with Crippen LogP contribution in [0.25, 0.3) is 0 Å². The highest BCUT2D eigenvalue weighted by atomic mass is 32.1. The molecule has 0 radical (unpaired) electrons. The van der Waals surface area contributed by atoms with Gasteiger partial charge in [-0.05, 0) is 32.9 Å². The van der Waals surface area contributed by atoms with Crippen LogP contribution in [0.15, 0.2) is 16.5 Å². The van der Waals surface area contributed by atoms with E-state index >= 15 is 0 Å². The summed E-state index contributed by atoms with van der Waals surface area (Å²) in [4.78, 5) is 20.1. The van der Waals surface area contributed by atoms with E-state index in [0.717, 1.165) is 40.2 Å². The Morgan fingerprint density at radius 2 is 2.08 bits per heavy atom. The van der Waals surface area contributed by atoms with Gasteiger partial charge < -0.3 is 14.5 Å². The maximum atomic E-state index is 12.4. The Morgan fingerprint density at radius 1 is 1.32 bits per heavy atom. The second-order valence-corrected chi connectivity index (χ2v) is 7.62. The quantitative estimate of drug-likeness (QED) is 0.854. The van der Waals surface area contributed by atoms with Crippen molar-refractivity contribution in [2.75, 3.05) is 32.8 Å². The fourth-order valence-electron chi connectivity index (χ4n) is 3.09. The molecule has 0 spiro atoms. The zero-order valence-corrected chi connectivity index (χ0v) is 15.8. The summed E-state index contributed by atoms with van der Waals surface area (Å²) in [6.45, 7) is 9.49. The van der Waals surface area contributed by atoms with Crippen LogP contribution in [-0.2, 0) is 16.0 Å². The normalized spacial score (nSPS) is 16.8. The van der Waals surface area contributed by atoms with Crippen LogP contribution in [0.3, 0.4) is 0 Å². The summed E-state index contributed by atoms with van der Waals surface area (Å²) >= 11 is 1.59. The van der Waals surface area contributed by atoms with Crippen LogP contribution in [-0.4, -0.2) is 48.6 Å². The molecule has 1 aliphatic heterocycles. The van der Waals surface area contributed by atoms with Gasteiger partial charge in [-0.1, -0.05) is 0 Å². The molecule has 0 saturated carbocycles. The molecule has 1 N–H and O–H groups in total. The average Bonchev–Trinajstić information content (AvgIpc) is 3.14. The van der Waals surface area contributed by atoms with Crippen LogP contribution >= 0.6 is 11.3 Å². The molecule has 0 aliphatic carbocycles. The molecule has 0 unspecified atom stereocenters. The third-order valence-electron chi connectivity index (χ3n) is 4.39. The first-order valence-electron chi connectivity index (χ1n) is 8.60. The van der Waals surface area contributed by atoms with Crippen LogP contribution < -0.4 is 5.32 Å². The van der Waals surface area contributed by atoms with Crippen molar-refractivity contribution in [1.82, 2.24) is 15.2 Å². The van der Waals surface area contributed by atoms with E-state index in [-0.39, 0.29) is 11.9 Å². The van der Waals surface area contributed by atoms with Crippen molar-refractivity contribution < 1.29 is 13.9 Å². The van der Waals surface area contributed by atoms with E-state index in [2.05, 4.69) is 15.2 Å². The molecule has 7 heteroatoms. The zero-order valence-electron chi connectivity index (χ0n) is 15.0. The summed E-state index contributed by atoms with van der Waals surface area (Å²) in [5, 5.41) is 4.07.